The molecule has 1 amide bonds. The van der Waals surface area contributed by atoms with Crippen molar-refractivity contribution >= 4 is 5.91 Å². The molecular formula is C16H26N4O2. The number of fused-ring (bicyclic) bond motifs is 1. The Hall–Kier alpha value is -1.43. The maximum atomic E-state index is 12.3. The van der Waals surface area contributed by atoms with E-state index in [4.69, 9.17) is 0 Å². The number of aliphatic hydroxyl groups is 1. The number of aryl methyl sites for hydroxylation is 2. The Labute approximate surface area is 131 Å². The summed E-state index contributed by atoms with van der Waals surface area (Å²) >= 11 is 0. The zero-order valence-corrected chi connectivity index (χ0v) is 13.3. The number of aromatic nitrogens is 3. The van der Waals surface area contributed by atoms with Crippen molar-refractivity contribution in [2.24, 2.45) is 0 Å². The van der Waals surface area contributed by atoms with E-state index in [2.05, 4.69) is 15.4 Å². The fourth-order valence-corrected chi connectivity index (χ4v) is 3.62. The number of amides is 1. The van der Waals surface area contributed by atoms with Gasteiger partial charge in [-0.15, -0.1) is 0 Å². The third-order valence-electron chi connectivity index (χ3n) is 4.84. The Morgan fingerprint density at radius 1 is 1.36 bits per heavy atom. The van der Waals surface area contributed by atoms with Gasteiger partial charge in [0.05, 0.1) is 18.1 Å². The summed E-state index contributed by atoms with van der Waals surface area (Å²) in [6, 6.07) is -0.0683. The molecule has 1 unspecified atom stereocenters. The monoisotopic (exact) mass is 306 g/mol. The van der Waals surface area contributed by atoms with Gasteiger partial charge in [0.25, 0.3) is 0 Å². The molecule has 6 nitrogen and oxygen atoms in total. The van der Waals surface area contributed by atoms with Gasteiger partial charge >= 0.3 is 0 Å². The summed E-state index contributed by atoms with van der Waals surface area (Å²) < 4.78 is 1.92. The molecule has 2 heterocycles. The van der Waals surface area contributed by atoms with Gasteiger partial charge in [-0.1, -0.05) is 26.2 Å². The van der Waals surface area contributed by atoms with Crippen LogP contribution in [0.25, 0.3) is 0 Å². The highest BCUT2D eigenvalue weighted by molar-refractivity contribution is 5.77. The molecule has 2 aliphatic rings. The van der Waals surface area contributed by atoms with Gasteiger partial charge in [0.15, 0.2) is 5.82 Å². The van der Waals surface area contributed by atoms with Crippen molar-refractivity contribution in [3.8, 4) is 0 Å². The Morgan fingerprint density at radius 3 is 2.86 bits per heavy atom. The fourth-order valence-electron chi connectivity index (χ4n) is 3.62. The van der Waals surface area contributed by atoms with Gasteiger partial charge in [0.1, 0.15) is 5.82 Å². The minimum atomic E-state index is -0.806. The van der Waals surface area contributed by atoms with Gasteiger partial charge in [0, 0.05) is 13.0 Å². The lowest BCUT2D eigenvalue weighted by atomic mass is 9.82. The molecule has 6 heteroatoms. The van der Waals surface area contributed by atoms with Crippen LogP contribution in [0.15, 0.2) is 0 Å². The zero-order chi connectivity index (χ0) is 15.6. The normalized spacial score (nSPS) is 23.8. The van der Waals surface area contributed by atoms with Crippen molar-refractivity contribution < 1.29 is 9.90 Å². The predicted octanol–water partition coefficient (Wildman–Crippen LogP) is 1.88. The van der Waals surface area contributed by atoms with E-state index in [0.29, 0.717) is 0 Å². The second kappa shape index (κ2) is 6.36. The van der Waals surface area contributed by atoms with Crippen LogP contribution in [-0.2, 0) is 17.8 Å². The summed E-state index contributed by atoms with van der Waals surface area (Å²) in [5.74, 6) is 1.64. The molecule has 0 saturated heterocycles. The van der Waals surface area contributed by atoms with E-state index in [-0.39, 0.29) is 18.4 Å². The van der Waals surface area contributed by atoms with Crippen molar-refractivity contribution in [2.45, 2.75) is 82.9 Å². The maximum absolute atomic E-state index is 12.3. The lowest BCUT2D eigenvalue weighted by Gasteiger charge is -2.32. The summed E-state index contributed by atoms with van der Waals surface area (Å²) in [6.07, 6.45) is 7.57. The number of rotatable bonds is 4. The summed E-state index contributed by atoms with van der Waals surface area (Å²) in [6.45, 7) is 2.91. The molecule has 2 N–H and O–H groups in total. The minimum Gasteiger partial charge on any atom is -0.389 e. The molecule has 0 bridgehead atoms. The second-order valence-electron chi connectivity index (χ2n) is 6.69. The van der Waals surface area contributed by atoms with Crippen molar-refractivity contribution in [2.75, 3.05) is 0 Å². The predicted molar refractivity (Wildman–Crippen MR) is 82.2 cm³/mol. The third kappa shape index (κ3) is 3.32. The average molecular weight is 306 g/mol. The van der Waals surface area contributed by atoms with Crippen molar-refractivity contribution in [3.63, 3.8) is 0 Å². The maximum Gasteiger partial charge on any atom is 0.223 e. The quantitative estimate of drug-likeness (QED) is 0.890. The minimum absolute atomic E-state index is 0.0658. The van der Waals surface area contributed by atoms with Gasteiger partial charge < -0.3 is 10.4 Å². The van der Waals surface area contributed by atoms with E-state index in [1.807, 2.05) is 11.6 Å². The van der Waals surface area contributed by atoms with E-state index in [1.165, 1.54) is 0 Å². The first-order valence-corrected chi connectivity index (χ1v) is 8.55. The van der Waals surface area contributed by atoms with E-state index in [0.717, 1.165) is 69.6 Å². The van der Waals surface area contributed by atoms with Gasteiger partial charge in [-0.2, -0.15) is 5.10 Å². The third-order valence-corrected chi connectivity index (χ3v) is 4.84. The molecule has 3 rings (SSSR count). The Bertz CT molecular complexity index is 534. The highest BCUT2D eigenvalue weighted by atomic mass is 16.3. The van der Waals surface area contributed by atoms with Gasteiger partial charge in [-0.05, 0) is 25.7 Å². The summed E-state index contributed by atoms with van der Waals surface area (Å²) in [5.41, 5.74) is -0.806. The molecule has 1 aromatic rings. The second-order valence-corrected chi connectivity index (χ2v) is 6.69. The van der Waals surface area contributed by atoms with Gasteiger partial charge in [0.2, 0.25) is 5.91 Å². The number of carbonyl (C=O) groups is 1. The smallest absolute Gasteiger partial charge is 0.223 e. The van der Waals surface area contributed by atoms with Crippen LogP contribution in [0.2, 0.25) is 0 Å². The van der Waals surface area contributed by atoms with Crippen molar-refractivity contribution in [3.05, 3.63) is 11.6 Å². The van der Waals surface area contributed by atoms with Crippen LogP contribution in [0.1, 0.15) is 76.0 Å². The standard InChI is InChI=1S/C16H26N4O2/c1-2-13-18-15-12(7-6-10-20(15)19-13)17-14(21)11-16(22)8-4-3-5-9-16/h12,22H,2-11H2,1H3,(H,17,21). The Morgan fingerprint density at radius 2 is 2.14 bits per heavy atom. The highest BCUT2D eigenvalue weighted by Gasteiger charge is 2.33. The molecule has 1 aliphatic carbocycles. The number of nitrogens with zero attached hydrogens (tertiary/aromatic N) is 3. The average Bonchev–Trinajstić information content (AvgIpc) is 2.91. The topological polar surface area (TPSA) is 80.0 Å². The van der Waals surface area contributed by atoms with E-state index >= 15 is 0 Å². The summed E-state index contributed by atoms with van der Waals surface area (Å²) in [5, 5.41) is 18.0. The number of hydrogen-bond acceptors (Lipinski definition) is 4. The lowest BCUT2D eigenvalue weighted by Crippen LogP contribution is -2.40. The Kier molecular flexibility index (Phi) is 4.47. The van der Waals surface area contributed by atoms with E-state index in [1.54, 1.807) is 0 Å². The molecule has 0 aromatic carbocycles. The van der Waals surface area contributed by atoms with Crippen molar-refractivity contribution in [1.82, 2.24) is 20.1 Å². The number of carbonyl (C=O) groups excluding carboxylic acids is 1. The molecule has 1 fully saturated rings. The number of hydrogen-bond donors (Lipinski definition) is 2. The van der Waals surface area contributed by atoms with Crippen molar-refractivity contribution in [1.29, 1.82) is 0 Å². The molecule has 1 atom stereocenters. The largest absolute Gasteiger partial charge is 0.389 e. The van der Waals surface area contributed by atoms with Crippen LogP contribution in [0, 0.1) is 0 Å². The summed E-state index contributed by atoms with van der Waals surface area (Å²) in [4.78, 5) is 16.9. The van der Waals surface area contributed by atoms with Crippen LogP contribution in [-0.4, -0.2) is 31.4 Å². The van der Waals surface area contributed by atoms with Crippen LogP contribution >= 0.6 is 0 Å². The van der Waals surface area contributed by atoms with Gasteiger partial charge in [-0.3, -0.25) is 4.79 Å². The fraction of sp³-hybridized carbons (Fsp3) is 0.812. The van der Waals surface area contributed by atoms with Crippen LogP contribution in [0.4, 0.5) is 0 Å². The first kappa shape index (κ1) is 15.5. The van der Waals surface area contributed by atoms with Crippen LogP contribution in [0.3, 0.4) is 0 Å². The molecule has 0 spiro atoms. The first-order chi connectivity index (χ1) is 10.6. The SMILES string of the molecule is CCc1nc2n(n1)CCCC2NC(=O)CC1(O)CCCCC1. The molecule has 1 aromatic heterocycles. The van der Waals surface area contributed by atoms with Crippen LogP contribution < -0.4 is 5.32 Å². The van der Waals surface area contributed by atoms with Gasteiger partial charge in [-0.25, -0.2) is 9.67 Å². The molecule has 0 radical (unpaired) electrons. The molecule has 22 heavy (non-hydrogen) atoms. The lowest BCUT2D eigenvalue weighted by molar-refractivity contribution is -0.128. The first-order valence-electron chi connectivity index (χ1n) is 8.55. The molecule has 122 valence electrons. The number of nitrogens with one attached hydrogen (secondary N) is 1. The molecule has 1 aliphatic heterocycles. The Balaban J connectivity index is 1.64. The van der Waals surface area contributed by atoms with E-state index < -0.39 is 5.60 Å². The van der Waals surface area contributed by atoms with E-state index in [9.17, 15) is 9.90 Å². The molecular weight excluding hydrogens is 280 g/mol. The highest BCUT2D eigenvalue weighted by Crippen LogP contribution is 2.31. The summed E-state index contributed by atoms with van der Waals surface area (Å²) in [7, 11) is 0. The zero-order valence-electron chi connectivity index (χ0n) is 13.3. The molecule has 1 saturated carbocycles. The van der Waals surface area contributed by atoms with Crippen LogP contribution in [0.5, 0.6) is 0 Å².